The summed E-state index contributed by atoms with van der Waals surface area (Å²) in [6, 6.07) is 12.5. The van der Waals surface area contributed by atoms with Crippen LogP contribution in [0.5, 0.6) is 5.75 Å². The van der Waals surface area contributed by atoms with Gasteiger partial charge in [-0.25, -0.2) is 8.42 Å². The maximum atomic E-state index is 13.7. The topological polar surface area (TPSA) is 63.7 Å². The summed E-state index contributed by atoms with van der Waals surface area (Å²) in [6.45, 7) is 8.07. The van der Waals surface area contributed by atoms with Gasteiger partial charge in [0, 0.05) is 29.4 Å². The van der Waals surface area contributed by atoms with Crippen molar-refractivity contribution in [2.24, 2.45) is 0 Å². The lowest BCUT2D eigenvalue weighted by atomic mass is 9.80. The van der Waals surface area contributed by atoms with Gasteiger partial charge in [-0.3, -0.25) is 4.79 Å². The van der Waals surface area contributed by atoms with Crippen LogP contribution in [0.4, 0.5) is 0 Å². The molecule has 2 aromatic carbocycles. The Morgan fingerprint density at radius 3 is 2.37 bits per heavy atom. The van der Waals surface area contributed by atoms with Gasteiger partial charge in [-0.2, -0.15) is 0 Å². The van der Waals surface area contributed by atoms with Gasteiger partial charge in [0.05, 0.1) is 4.90 Å². The molecule has 160 valence electrons. The molecule has 30 heavy (non-hydrogen) atoms. The zero-order valence-corrected chi connectivity index (χ0v) is 20.2. The maximum absolute atomic E-state index is 13.7. The second-order valence-electron chi connectivity index (χ2n) is 9.41. The lowest BCUT2D eigenvalue weighted by Crippen LogP contribution is -2.64. The van der Waals surface area contributed by atoms with Crippen LogP contribution in [-0.2, 0) is 20.0 Å². The molecule has 0 aliphatic carbocycles. The highest BCUT2D eigenvalue weighted by atomic mass is 79.9. The molecule has 2 bridgehead atoms. The molecule has 5 nitrogen and oxygen atoms in total. The van der Waals surface area contributed by atoms with E-state index in [9.17, 15) is 13.2 Å². The van der Waals surface area contributed by atoms with E-state index in [4.69, 9.17) is 4.74 Å². The van der Waals surface area contributed by atoms with Gasteiger partial charge in [-0.1, -0.05) is 48.8 Å². The molecular formula is C23H26BrNO4S. The number of carbonyl (C=O) groups is 1. The van der Waals surface area contributed by atoms with Crippen LogP contribution in [0.25, 0.3) is 0 Å². The summed E-state index contributed by atoms with van der Waals surface area (Å²) in [7, 11) is -2.28. The van der Waals surface area contributed by atoms with Crippen molar-refractivity contribution in [1.82, 2.24) is 4.90 Å². The highest BCUT2D eigenvalue weighted by molar-refractivity contribution is 9.10. The number of rotatable bonds is 2. The van der Waals surface area contributed by atoms with Gasteiger partial charge in [0.25, 0.3) is 0 Å². The Bertz CT molecular complexity index is 1120. The Kier molecular flexibility index (Phi) is 4.86. The molecule has 3 unspecified atom stereocenters. The molecule has 2 heterocycles. The second-order valence-corrected chi connectivity index (χ2v) is 12.4. The molecule has 0 spiro atoms. The van der Waals surface area contributed by atoms with E-state index in [1.165, 1.54) is 4.90 Å². The van der Waals surface area contributed by atoms with Gasteiger partial charge >= 0.3 is 0 Å². The number of hydrogen-bond donors (Lipinski definition) is 0. The molecule has 3 atom stereocenters. The molecule has 0 radical (unpaired) electrons. The summed E-state index contributed by atoms with van der Waals surface area (Å²) in [5.41, 5.74) is 0.839. The van der Waals surface area contributed by atoms with Crippen LogP contribution in [0.1, 0.15) is 51.2 Å². The van der Waals surface area contributed by atoms with Gasteiger partial charge in [0.15, 0.2) is 20.8 Å². The molecular weight excluding hydrogens is 466 g/mol. The van der Waals surface area contributed by atoms with Gasteiger partial charge in [0.1, 0.15) is 5.75 Å². The van der Waals surface area contributed by atoms with Crippen LogP contribution in [0.15, 0.2) is 51.8 Å². The van der Waals surface area contributed by atoms with E-state index >= 15 is 0 Å². The molecule has 7 heteroatoms. The average molecular weight is 492 g/mol. The van der Waals surface area contributed by atoms with E-state index in [0.29, 0.717) is 12.2 Å². The number of ether oxygens (including phenoxy) is 1. The molecule has 2 aromatic rings. The number of halogens is 1. The monoisotopic (exact) mass is 491 g/mol. The molecule has 2 aliphatic heterocycles. The van der Waals surface area contributed by atoms with Gasteiger partial charge < -0.3 is 9.64 Å². The normalized spacial score (nSPS) is 26.2. The molecule has 0 aromatic heterocycles. The number of carbonyl (C=O) groups excluding carboxylic acids is 1. The van der Waals surface area contributed by atoms with Crippen LogP contribution in [0.2, 0.25) is 0 Å². The van der Waals surface area contributed by atoms with Crippen molar-refractivity contribution in [3.05, 3.63) is 58.1 Å². The third kappa shape index (κ3) is 3.26. The van der Waals surface area contributed by atoms with E-state index in [1.807, 2.05) is 37.3 Å². The fraction of sp³-hybridized carbons (Fsp3) is 0.435. The minimum atomic E-state index is -3.90. The summed E-state index contributed by atoms with van der Waals surface area (Å²) in [5, 5.41) is -1.19. The zero-order valence-electron chi connectivity index (χ0n) is 17.8. The third-order valence-electron chi connectivity index (χ3n) is 6.33. The van der Waals surface area contributed by atoms with Crippen LogP contribution in [-0.4, -0.2) is 37.2 Å². The second kappa shape index (κ2) is 6.82. The first-order chi connectivity index (χ1) is 13.8. The van der Waals surface area contributed by atoms with Crippen LogP contribution in [0, 0.1) is 0 Å². The van der Waals surface area contributed by atoms with Crippen molar-refractivity contribution >= 4 is 31.7 Å². The standard InChI is InChI=1S/C23H26BrNO4S/c1-22(2,3)14-6-9-16(10-7-14)30(27,28)20-18-13-23(4,25(5)21(20)26)29-19-11-8-15(24)12-17(18)19/h6-12,18,20H,13H2,1-5H3. The number of nitrogens with zero attached hydrogens (tertiary/aromatic N) is 1. The molecule has 1 saturated heterocycles. The Morgan fingerprint density at radius 1 is 1.13 bits per heavy atom. The van der Waals surface area contributed by atoms with Gasteiger partial charge in [-0.05, 0) is 48.2 Å². The van der Waals surface area contributed by atoms with Crippen molar-refractivity contribution in [2.75, 3.05) is 7.05 Å². The number of benzene rings is 2. The summed E-state index contributed by atoms with van der Waals surface area (Å²) in [4.78, 5) is 15.0. The Labute approximate surface area is 186 Å². The Balaban J connectivity index is 1.84. The number of amides is 1. The van der Waals surface area contributed by atoms with Crippen LogP contribution < -0.4 is 4.74 Å². The highest BCUT2D eigenvalue weighted by Gasteiger charge is 2.57. The lowest BCUT2D eigenvalue weighted by molar-refractivity contribution is -0.159. The van der Waals surface area contributed by atoms with Crippen molar-refractivity contribution in [2.45, 2.75) is 61.3 Å². The van der Waals surface area contributed by atoms with E-state index < -0.39 is 32.6 Å². The first-order valence-electron chi connectivity index (χ1n) is 9.95. The number of hydrogen-bond acceptors (Lipinski definition) is 4. The number of piperidine rings is 1. The molecule has 0 saturated carbocycles. The number of sulfone groups is 1. The number of likely N-dealkylation sites (tertiary alicyclic amines) is 1. The molecule has 1 amide bonds. The van der Waals surface area contributed by atoms with Crippen molar-refractivity contribution in [3.63, 3.8) is 0 Å². The smallest absolute Gasteiger partial charge is 0.244 e. The van der Waals surface area contributed by atoms with E-state index in [-0.39, 0.29) is 10.3 Å². The Hall–Kier alpha value is -1.86. The van der Waals surface area contributed by atoms with Crippen LogP contribution >= 0.6 is 15.9 Å². The fourth-order valence-corrected chi connectivity index (χ4v) is 6.70. The highest BCUT2D eigenvalue weighted by Crippen LogP contribution is 2.50. The quantitative estimate of drug-likeness (QED) is 0.613. The minimum absolute atomic E-state index is 0.0864. The maximum Gasteiger partial charge on any atom is 0.244 e. The summed E-state index contributed by atoms with van der Waals surface area (Å²) < 4.78 is 34.4. The molecule has 2 aliphatic rings. The van der Waals surface area contributed by atoms with Crippen molar-refractivity contribution < 1.29 is 17.9 Å². The van der Waals surface area contributed by atoms with Gasteiger partial charge in [-0.15, -0.1) is 0 Å². The fourth-order valence-electron chi connectivity index (χ4n) is 4.41. The van der Waals surface area contributed by atoms with E-state index in [1.54, 1.807) is 19.2 Å². The largest absolute Gasteiger partial charge is 0.468 e. The minimum Gasteiger partial charge on any atom is -0.468 e. The van der Waals surface area contributed by atoms with E-state index in [0.717, 1.165) is 15.6 Å². The predicted molar refractivity (Wildman–Crippen MR) is 119 cm³/mol. The number of fused-ring (bicyclic) bond motifs is 4. The SMILES string of the molecule is CN1C(=O)C(S(=O)(=O)c2ccc(C(C)(C)C)cc2)C2CC1(C)Oc1ccc(Br)cc12. The first-order valence-corrected chi connectivity index (χ1v) is 12.3. The molecule has 1 fully saturated rings. The first kappa shape index (κ1) is 21.4. The summed E-state index contributed by atoms with van der Waals surface area (Å²) in [5.74, 6) is -0.286. The summed E-state index contributed by atoms with van der Waals surface area (Å²) >= 11 is 3.46. The Morgan fingerprint density at radius 2 is 1.77 bits per heavy atom. The predicted octanol–water partition coefficient (Wildman–Crippen LogP) is 4.64. The zero-order chi connectivity index (χ0) is 22.1. The van der Waals surface area contributed by atoms with Crippen LogP contribution in [0.3, 0.4) is 0 Å². The van der Waals surface area contributed by atoms with Crippen molar-refractivity contribution in [3.8, 4) is 5.75 Å². The van der Waals surface area contributed by atoms with Crippen molar-refractivity contribution in [1.29, 1.82) is 0 Å². The molecule has 0 N–H and O–H groups in total. The third-order valence-corrected chi connectivity index (χ3v) is 8.95. The van der Waals surface area contributed by atoms with Gasteiger partial charge in [0.2, 0.25) is 5.91 Å². The van der Waals surface area contributed by atoms with E-state index in [2.05, 4.69) is 36.7 Å². The molecule has 4 rings (SSSR count). The summed E-state index contributed by atoms with van der Waals surface area (Å²) in [6.07, 6.45) is 0.419. The lowest BCUT2D eigenvalue weighted by Gasteiger charge is -2.51. The average Bonchev–Trinajstić information content (AvgIpc) is 2.66.